The number of nitrogens with zero attached hydrogens (tertiary/aromatic N) is 2. The van der Waals surface area contributed by atoms with Crippen molar-refractivity contribution in [2.24, 2.45) is 0 Å². The molecular formula is C14H28N2. The first-order valence-corrected chi connectivity index (χ1v) is 6.66. The van der Waals surface area contributed by atoms with E-state index < -0.39 is 0 Å². The Bertz CT molecular complexity index is 205. The molecule has 1 rings (SSSR count). The maximum Gasteiger partial charge on any atom is 0.0602 e. The third-order valence-electron chi connectivity index (χ3n) is 2.74. The summed E-state index contributed by atoms with van der Waals surface area (Å²) in [6.07, 6.45) is 0.978. The fourth-order valence-corrected chi connectivity index (χ4v) is 1.73. The number of piperazine rings is 1. The summed E-state index contributed by atoms with van der Waals surface area (Å²) in [5, 5.41) is 0. The van der Waals surface area contributed by atoms with Crippen LogP contribution in [0.4, 0.5) is 0 Å². The second-order valence-corrected chi connectivity index (χ2v) is 4.11. The van der Waals surface area contributed by atoms with Crippen LogP contribution < -0.4 is 0 Å². The SMILES string of the molecule is CC.CCC#CCN1CCN(C(C)C)CC1. The summed E-state index contributed by atoms with van der Waals surface area (Å²) in [5.41, 5.74) is 0. The van der Waals surface area contributed by atoms with Crippen molar-refractivity contribution in [3.63, 3.8) is 0 Å². The Hall–Kier alpha value is -0.520. The molecule has 0 atom stereocenters. The van der Waals surface area contributed by atoms with Crippen LogP contribution in [0.2, 0.25) is 0 Å². The molecule has 94 valence electrons. The molecule has 0 bridgehead atoms. The molecule has 2 nitrogen and oxygen atoms in total. The molecule has 1 aliphatic heterocycles. The number of hydrogen-bond donors (Lipinski definition) is 0. The lowest BCUT2D eigenvalue weighted by Crippen LogP contribution is -2.48. The van der Waals surface area contributed by atoms with E-state index in [0.29, 0.717) is 6.04 Å². The Morgan fingerprint density at radius 1 is 1.00 bits per heavy atom. The summed E-state index contributed by atoms with van der Waals surface area (Å²) in [7, 11) is 0. The van der Waals surface area contributed by atoms with Crippen LogP contribution in [0.25, 0.3) is 0 Å². The van der Waals surface area contributed by atoms with Crippen molar-refractivity contribution in [3.05, 3.63) is 0 Å². The molecule has 0 aliphatic carbocycles. The van der Waals surface area contributed by atoms with Crippen LogP contribution in [0.5, 0.6) is 0 Å². The van der Waals surface area contributed by atoms with Crippen molar-refractivity contribution in [1.82, 2.24) is 9.80 Å². The minimum absolute atomic E-state index is 0.693. The van der Waals surface area contributed by atoms with Gasteiger partial charge in [0.25, 0.3) is 0 Å². The van der Waals surface area contributed by atoms with E-state index in [-0.39, 0.29) is 0 Å². The Labute approximate surface area is 102 Å². The lowest BCUT2D eigenvalue weighted by Gasteiger charge is -2.36. The molecule has 0 N–H and O–H groups in total. The van der Waals surface area contributed by atoms with Crippen LogP contribution in [-0.4, -0.2) is 48.6 Å². The molecule has 1 heterocycles. The molecule has 0 aromatic carbocycles. The molecule has 0 aromatic heterocycles. The van der Waals surface area contributed by atoms with E-state index in [1.165, 1.54) is 26.2 Å². The van der Waals surface area contributed by atoms with Crippen LogP contribution >= 0.6 is 0 Å². The predicted octanol–water partition coefficient (Wildman–Crippen LogP) is 2.45. The summed E-state index contributed by atoms with van der Waals surface area (Å²) in [6.45, 7) is 16.4. The molecular weight excluding hydrogens is 196 g/mol. The second kappa shape index (κ2) is 9.69. The Kier molecular flexibility index (Phi) is 9.37. The number of hydrogen-bond acceptors (Lipinski definition) is 2. The maximum absolute atomic E-state index is 3.21. The van der Waals surface area contributed by atoms with Gasteiger partial charge in [0, 0.05) is 38.6 Å². The zero-order valence-electron chi connectivity index (χ0n) is 11.7. The normalized spacial score (nSPS) is 17.4. The quantitative estimate of drug-likeness (QED) is 0.665. The summed E-state index contributed by atoms with van der Waals surface area (Å²) in [4.78, 5) is 4.98. The van der Waals surface area contributed by atoms with E-state index in [1.54, 1.807) is 0 Å². The van der Waals surface area contributed by atoms with Gasteiger partial charge in [0.05, 0.1) is 6.54 Å². The Balaban J connectivity index is 0.00000106. The summed E-state index contributed by atoms with van der Waals surface area (Å²) in [6, 6.07) is 0.693. The minimum atomic E-state index is 0.693. The van der Waals surface area contributed by atoms with Gasteiger partial charge in [-0.3, -0.25) is 9.80 Å². The Morgan fingerprint density at radius 3 is 2.00 bits per heavy atom. The molecule has 1 fully saturated rings. The van der Waals surface area contributed by atoms with Gasteiger partial charge in [-0.25, -0.2) is 0 Å². The molecule has 1 saturated heterocycles. The van der Waals surface area contributed by atoms with Crippen molar-refractivity contribution in [3.8, 4) is 11.8 Å². The molecule has 0 aromatic rings. The van der Waals surface area contributed by atoms with Gasteiger partial charge in [-0.15, -0.1) is 5.92 Å². The van der Waals surface area contributed by atoms with Crippen molar-refractivity contribution in [2.75, 3.05) is 32.7 Å². The molecule has 0 spiro atoms. The highest BCUT2D eigenvalue weighted by molar-refractivity contribution is 5.00. The smallest absolute Gasteiger partial charge is 0.0602 e. The van der Waals surface area contributed by atoms with Crippen LogP contribution in [-0.2, 0) is 0 Å². The van der Waals surface area contributed by atoms with Gasteiger partial charge >= 0.3 is 0 Å². The van der Waals surface area contributed by atoms with Gasteiger partial charge in [-0.1, -0.05) is 26.7 Å². The monoisotopic (exact) mass is 224 g/mol. The van der Waals surface area contributed by atoms with Crippen molar-refractivity contribution >= 4 is 0 Å². The van der Waals surface area contributed by atoms with E-state index >= 15 is 0 Å². The molecule has 0 radical (unpaired) electrons. The Morgan fingerprint density at radius 2 is 1.56 bits per heavy atom. The summed E-state index contributed by atoms with van der Waals surface area (Å²) >= 11 is 0. The van der Waals surface area contributed by atoms with Crippen LogP contribution in [0, 0.1) is 11.8 Å². The van der Waals surface area contributed by atoms with E-state index in [0.717, 1.165) is 13.0 Å². The molecule has 0 unspecified atom stereocenters. The molecule has 2 heteroatoms. The third kappa shape index (κ3) is 6.15. The van der Waals surface area contributed by atoms with Crippen molar-refractivity contribution in [2.45, 2.75) is 47.1 Å². The van der Waals surface area contributed by atoms with Gasteiger partial charge < -0.3 is 0 Å². The largest absolute Gasteiger partial charge is 0.298 e. The van der Waals surface area contributed by atoms with Crippen molar-refractivity contribution in [1.29, 1.82) is 0 Å². The zero-order chi connectivity index (χ0) is 12.4. The predicted molar refractivity (Wildman–Crippen MR) is 72.6 cm³/mol. The number of rotatable bonds is 2. The fourth-order valence-electron chi connectivity index (χ4n) is 1.73. The fraction of sp³-hybridized carbons (Fsp3) is 0.857. The molecule has 1 aliphatic rings. The van der Waals surface area contributed by atoms with E-state index in [1.807, 2.05) is 13.8 Å². The highest BCUT2D eigenvalue weighted by Crippen LogP contribution is 2.04. The highest BCUT2D eigenvalue weighted by atomic mass is 15.3. The molecule has 0 amide bonds. The average molecular weight is 224 g/mol. The van der Waals surface area contributed by atoms with Gasteiger partial charge in [-0.2, -0.15) is 0 Å². The van der Waals surface area contributed by atoms with Gasteiger partial charge in [0.15, 0.2) is 0 Å². The lowest BCUT2D eigenvalue weighted by molar-refractivity contribution is 0.118. The lowest BCUT2D eigenvalue weighted by atomic mass is 10.2. The second-order valence-electron chi connectivity index (χ2n) is 4.11. The van der Waals surface area contributed by atoms with E-state index in [9.17, 15) is 0 Å². The topological polar surface area (TPSA) is 6.48 Å². The molecule has 16 heavy (non-hydrogen) atoms. The van der Waals surface area contributed by atoms with Crippen molar-refractivity contribution < 1.29 is 0 Å². The summed E-state index contributed by atoms with van der Waals surface area (Å²) in [5.74, 6) is 6.33. The van der Waals surface area contributed by atoms with E-state index in [2.05, 4.69) is 42.4 Å². The summed E-state index contributed by atoms with van der Waals surface area (Å²) < 4.78 is 0. The zero-order valence-corrected chi connectivity index (χ0v) is 11.7. The molecule has 0 saturated carbocycles. The maximum atomic E-state index is 3.21. The van der Waals surface area contributed by atoms with Gasteiger partial charge in [0.1, 0.15) is 0 Å². The third-order valence-corrected chi connectivity index (χ3v) is 2.74. The standard InChI is InChI=1S/C12H22N2.C2H6/c1-4-5-6-7-13-8-10-14(11-9-13)12(2)3;1-2/h12H,4,7-11H2,1-3H3;1-2H3. The van der Waals surface area contributed by atoms with Crippen LogP contribution in [0.1, 0.15) is 41.0 Å². The average Bonchev–Trinajstić information content (AvgIpc) is 2.33. The van der Waals surface area contributed by atoms with Gasteiger partial charge in [-0.05, 0) is 13.8 Å². The van der Waals surface area contributed by atoms with Crippen LogP contribution in [0.3, 0.4) is 0 Å². The van der Waals surface area contributed by atoms with E-state index in [4.69, 9.17) is 0 Å². The van der Waals surface area contributed by atoms with Crippen LogP contribution in [0.15, 0.2) is 0 Å². The first kappa shape index (κ1) is 15.5. The first-order valence-electron chi connectivity index (χ1n) is 6.66. The highest BCUT2D eigenvalue weighted by Gasteiger charge is 2.17. The first-order chi connectivity index (χ1) is 7.74. The minimum Gasteiger partial charge on any atom is -0.298 e. The van der Waals surface area contributed by atoms with Gasteiger partial charge in [0.2, 0.25) is 0 Å².